The van der Waals surface area contributed by atoms with Gasteiger partial charge in [-0.05, 0) is 30.3 Å². The van der Waals surface area contributed by atoms with Crippen LogP contribution in [-0.4, -0.2) is 22.6 Å². The van der Waals surface area contributed by atoms with Crippen LogP contribution in [0.1, 0.15) is 22.5 Å². The minimum Gasteiger partial charge on any atom is -0.395 e. The molecule has 4 nitrogen and oxygen atoms in total. The predicted molar refractivity (Wildman–Crippen MR) is 82.2 cm³/mol. The number of carbonyl (C=O) groups is 1. The summed E-state index contributed by atoms with van der Waals surface area (Å²) in [5.41, 5.74) is 1.47. The summed E-state index contributed by atoms with van der Waals surface area (Å²) in [5.74, 6) is 5.38. The highest BCUT2D eigenvalue weighted by molar-refractivity contribution is 6.31. The Balaban J connectivity index is 2.25. The van der Waals surface area contributed by atoms with E-state index < -0.39 is 0 Å². The third-order valence-electron chi connectivity index (χ3n) is 2.59. The molecule has 0 saturated heterocycles. The van der Waals surface area contributed by atoms with Crippen molar-refractivity contribution in [1.29, 1.82) is 0 Å². The van der Waals surface area contributed by atoms with Crippen LogP contribution in [0.15, 0.2) is 42.6 Å². The number of aliphatic hydroxyl groups excluding tert-OH is 1. The number of nitrogens with one attached hydrogen (secondary N) is 1. The van der Waals surface area contributed by atoms with Gasteiger partial charge >= 0.3 is 0 Å². The van der Waals surface area contributed by atoms with Gasteiger partial charge in [0, 0.05) is 23.2 Å². The van der Waals surface area contributed by atoms with E-state index in [2.05, 4.69) is 22.1 Å². The lowest BCUT2D eigenvalue weighted by Crippen LogP contribution is -2.14. The van der Waals surface area contributed by atoms with Gasteiger partial charge in [0.05, 0.1) is 12.3 Å². The Bertz CT molecular complexity index is 690. The summed E-state index contributed by atoms with van der Waals surface area (Å²) in [6.45, 7) is -0.00375. The van der Waals surface area contributed by atoms with Gasteiger partial charge in [0.25, 0.3) is 5.91 Å². The summed E-state index contributed by atoms with van der Waals surface area (Å²) in [7, 11) is 0. The molecule has 2 rings (SSSR count). The molecule has 2 aromatic rings. The Morgan fingerprint density at radius 1 is 1.33 bits per heavy atom. The number of anilines is 1. The van der Waals surface area contributed by atoms with Gasteiger partial charge in [0.1, 0.15) is 5.69 Å². The molecule has 0 saturated carbocycles. The molecular formula is C16H13ClN2O2. The lowest BCUT2D eigenvalue weighted by Gasteiger charge is -2.07. The molecule has 1 aromatic carbocycles. The van der Waals surface area contributed by atoms with Crippen LogP contribution in [0.2, 0.25) is 5.02 Å². The average Bonchev–Trinajstić information content (AvgIpc) is 2.50. The highest BCUT2D eigenvalue weighted by atomic mass is 35.5. The number of halogens is 1. The smallest absolute Gasteiger partial charge is 0.274 e. The first kappa shape index (κ1) is 15.0. The van der Waals surface area contributed by atoms with Crippen LogP contribution in [0.5, 0.6) is 0 Å². The van der Waals surface area contributed by atoms with Crippen LogP contribution in [0.4, 0.5) is 5.69 Å². The third kappa shape index (κ3) is 4.32. The molecule has 0 aliphatic carbocycles. The summed E-state index contributed by atoms with van der Waals surface area (Å²) in [6, 6.07) is 10.1. The minimum absolute atomic E-state index is 0.00375. The predicted octanol–water partition coefficient (Wildman–Crippen LogP) is 2.72. The van der Waals surface area contributed by atoms with E-state index in [1.807, 2.05) is 0 Å². The average molecular weight is 301 g/mol. The van der Waals surface area contributed by atoms with Crippen molar-refractivity contribution in [1.82, 2.24) is 4.98 Å². The van der Waals surface area contributed by atoms with E-state index in [0.29, 0.717) is 28.4 Å². The molecule has 2 N–H and O–H groups in total. The topological polar surface area (TPSA) is 62.2 Å². The van der Waals surface area contributed by atoms with Crippen LogP contribution >= 0.6 is 11.6 Å². The second-order valence-corrected chi connectivity index (χ2v) is 4.57. The molecule has 1 heterocycles. The fourth-order valence-electron chi connectivity index (χ4n) is 1.63. The lowest BCUT2D eigenvalue weighted by molar-refractivity contribution is 0.102. The van der Waals surface area contributed by atoms with Crippen LogP contribution in [0.25, 0.3) is 0 Å². The Kier molecular flexibility index (Phi) is 5.33. The summed E-state index contributed by atoms with van der Waals surface area (Å²) in [5, 5.41) is 12.0. The van der Waals surface area contributed by atoms with Crippen LogP contribution in [0, 0.1) is 11.8 Å². The van der Waals surface area contributed by atoms with E-state index >= 15 is 0 Å². The number of benzene rings is 1. The van der Waals surface area contributed by atoms with Crippen molar-refractivity contribution >= 4 is 23.2 Å². The van der Waals surface area contributed by atoms with E-state index in [4.69, 9.17) is 16.7 Å². The third-order valence-corrected chi connectivity index (χ3v) is 2.82. The zero-order valence-corrected chi connectivity index (χ0v) is 11.9. The van der Waals surface area contributed by atoms with E-state index in [1.165, 1.54) is 0 Å². The fourth-order valence-corrected chi connectivity index (χ4v) is 1.80. The Morgan fingerprint density at radius 3 is 2.90 bits per heavy atom. The maximum absolute atomic E-state index is 12.1. The van der Waals surface area contributed by atoms with Crippen molar-refractivity contribution in [2.75, 3.05) is 11.9 Å². The molecule has 0 radical (unpaired) electrons. The monoisotopic (exact) mass is 300 g/mol. The zero-order chi connectivity index (χ0) is 15.1. The molecule has 5 heteroatoms. The van der Waals surface area contributed by atoms with Crippen LogP contribution < -0.4 is 5.32 Å². The molecule has 0 unspecified atom stereocenters. The van der Waals surface area contributed by atoms with Crippen molar-refractivity contribution in [2.45, 2.75) is 6.42 Å². The van der Waals surface area contributed by atoms with Gasteiger partial charge in [-0.2, -0.15) is 0 Å². The molecule has 1 aromatic heterocycles. The van der Waals surface area contributed by atoms with Gasteiger partial charge in [-0.1, -0.05) is 29.5 Å². The summed E-state index contributed by atoms with van der Waals surface area (Å²) in [4.78, 5) is 16.1. The Labute approximate surface area is 127 Å². The molecule has 0 atom stereocenters. The largest absolute Gasteiger partial charge is 0.395 e. The van der Waals surface area contributed by atoms with E-state index in [1.54, 1.807) is 42.6 Å². The quantitative estimate of drug-likeness (QED) is 0.857. The number of carbonyl (C=O) groups excluding carboxylic acids is 1. The molecule has 0 aliphatic rings. The molecular weight excluding hydrogens is 288 g/mol. The standard InChI is InChI=1S/C16H13ClN2O2/c17-13-8-7-12(5-2-4-10-20)15(11-13)19-16(21)14-6-1-3-9-18-14/h1,3,6-9,11,20H,4,10H2,(H,19,21). The maximum Gasteiger partial charge on any atom is 0.274 e. The highest BCUT2D eigenvalue weighted by Crippen LogP contribution is 2.21. The van der Waals surface area contributed by atoms with Gasteiger partial charge in [0.2, 0.25) is 0 Å². The van der Waals surface area contributed by atoms with Crippen LogP contribution in [-0.2, 0) is 0 Å². The molecule has 0 fully saturated rings. The maximum atomic E-state index is 12.1. The SMILES string of the molecule is O=C(Nc1cc(Cl)ccc1C#CCCO)c1ccccn1. The first-order valence-electron chi connectivity index (χ1n) is 6.32. The number of aromatic nitrogens is 1. The first-order valence-corrected chi connectivity index (χ1v) is 6.70. The lowest BCUT2D eigenvalue weighted by atomic mass is 10.1. The van der Waals surface area contributed by atoms with Crippen LogP contribution in [0.3, 0.4) is 0 Å². The number of pyridine rings is 1. The van der Waals surface area contributed by atoms with Gasteiger partial charge in [0.15, 0.2) is 0 Å². The second kappa shape index (κ2) is 7.44. The fraction of sp³-hybridized carbons (Fsp3) is 0.125. The van der Waals surface area contributed by atoms with Crippen molar-refractivity contribution in [3.05, 3.63) is 58.9 Å². The van der Waals surface area contributed by atoms with Gasteiger partial charge in [-0.25, -0.2) is 0 Å². The summed E-state index contributed by atoms with van der Waals surface area (Å²) >= 11 is 5.95. The number of amides is 1. The number of rotatable bonds is 3. The first-order chi connectivity index (χ1) is 10.2. The van der Waals surface area contributed by atoms with E-state index in [0.717, 1.165) is 0 Å². The van der Waals surface area contributed by atoms with E-state index in [9.17, 15) is 4.79 Å². The second-order valence-electron chi connectivity index (χ2n) is 4.13. The van der Waals surface area contributed by atoms with Gasteiger partial charge < -0.3 is 10.4 Å². The normalized spacial score (nSPS) is 9.62. The van der Waals surface area contributed by atoms with Crippen molar-refractivity contribution in [2.24, 2.45) is 0 Å². The number of aliphatic hydroxyl groups is 1. The minimum atomic E-state index is -0.330. The van der Waals surface area contributed by atoms with E-state index in [-0.39, 0.29) is 12.5 Å². The Morgan fingerprint density at radius 2 is 2.19 bits per heavy atom. The van der Waals surface area contributed by atoms with Crippen molar-refractivity contribution < 1.29 is 9.90 Å². The molecule has 1 amide bonds. The zero-order valence-electron chi connectivity index (χ0n) is 11.1. The molecule has 0 spiro atoms. The van der Waals surface area contributed by atoms with Gasteiger partial charge in [-0.15, -0.1) is 0 Å². The molecule has 0 bridgehead atoms. The highest BCUT2D eigenvalue weighted by Gasteiger charge is 2.09. The van der Waals surface area contributed by atoms with Gasteiger partial charge in [-0.3, -0.25) is 9.78 Å². The molecule has 106 valence electrons. The number of hydrogen-bond donors (Lipinski definition) is 2. The molecule has 21 heavy (non-hydrogen) atoms. The summed E-state index contributed by atoms with van der Waals surface area (Å²) < 4.78 is 0. The Hall–Kier alpha value is -2.35. The number of hydrogen-bond acceptors (Lipinski definition) is 3. The molecule has 0 aliphatic heterocycles. The number of nitrogens with zero attached hydrogens (tertiary/aromatic N) is 1. The van der Waals surface area contributed by atoms with Crippen molar-refractivity contribution in [3.8, 4) is 11.8 Å². The summed E-state index contributed by atoms with van der Waals surface area (Å²) in [6.07, 6.45) is 1.92. The van der Waals surface area contributed by atoms with Crippen molar-refractivity contribution in [3.63, 3.8) is 0 Å².